The number of hydrogen-bond donors (Lipinski definition) is 2. The molecule has 1 aromatic carbocycles. The minimum atomic E-state index is -3.84. The monoisotopic (exact) mass is 437 g/mol. The number of sulfonamides is 1. The van der Waals surface area contributed by atoms with Crippen molar-refractivity contribution < 1.29 is 27.1 Å². The van der Waals surface area contributed by atoms with Crippen molar-refractivity contribution in [2.75, 3.05) is 13.2 Å². The number of alkyl halides is 1. The summed E-state index contributed by atoms with van der Waals surface area (Å²) in [4.78, 5) is 32.2. The number of carbonyl (C=O) groups excluding carboxylic acids is 2. The Kier molecular flexibility index (Phi) is 6.57. The molecule has 1 atom stereocenters. The molecule has 0 saturated carbocycles. The number of nitrogens with zero attached hydrogens (tertiary/aromatic N) is 3. The minimum absolute atomic E-state index is 0.0197. The SMILES string of the molecule is CC(F)COc1cccc(S(=O)(=O)NCc2cnc(CN3CC(=O)NC3=O)nc2)c1. The first kappa shape index (κ1) is 21.6. The van der Waals surface area contributed by atoms with Crippen molar-refractivity contribution in [1.29, 1.82) is 0 Å². The molecule has 160 valence electrons. The molecule has 1 unspecified atom stereocenters. The van der Waals surface area contributed by atoms with Crippen molar-refractivity contribution in [2.45, 2.75) is 31.1 Å². The zero-order valence-electron chi connectivity index (χ0n) is 16.0. The molecule has 3 amide bonds. The topological polar surface area (TPSA) is 131 Å². The Labute approximate surface area is 172 Å². The molecule has 0 radical (unpaired) electrons. The van der Waals surface area contributed by atoms with E-state index in [1.54, 1.807) is 6.07 Å². The minimum Gasteiger partial charge on any atom is -0.491 e. The number of benzene rings is 1. The largest absolute Gasteiger partial charge is 0.491 e. The van der Waals surface area contributed by atoms with Gasteiger partial charge in [-0.25, -0.2) is 32.3 Å². The zero-order valence-corrected chi connectivity index (χ0v) is 16.9. The van der Waals surface area contributed by atoms with E-state index in [1.165, 1.54) is 42.4 Å². The number of rotatable bonds is 9. The number of nitrogens with one attached hydrogen (secondary N) is 2. The Balaban J connectivity index is 1.58. The molecule has 30 heavy (non-hydrogen) atoms. The Bertz CT molecular complexity index is 1030. The van der Waals surface area contributed by atoms with Crippen molar-refractivity contribution in [2.24, 2.45) is 0 Å². The number of halogens is 1. The predicted octanol–water partition coefficient (Wildman–Crippen LogP) is 0.744. The molecule has 3 rings (SSSR count). The van der Waals surface area contributed by atoms with Gasteiger partial charge in [-0.1, -0.05) is 6.07 Å². The van der Waals surface area contributed by atoms with E-state index in [0.29, 0.717) is 11.4 Å². The Morgan fingerprint density at radius 1 is 1.30 bits per heavy atom. The van der Waals surface area contributed by atoms with Crippen LogP contribution in [-0.2, 0) is 27.9 Å². The number of ether oxygens (including phenoxy) is 1. The lowest BCUT2D eigenvalue weighted by molar-refractivity contribution is -0.118. The van der Waals surface area contributed by atoms with Gasteiger partial charge in [0.2, 0.25) is 15.9 Å². The molecule has 2 aromatic rings. The summed E-state index contributed by atoms with van der Waals surface area (Å²) < 4.78 is 45.5. The van der Waals surface area contributed by atoms with E-state index in [0.717, 1.165) is 0 Å². The van der Waals surface area contributed by atoms with Crippen LogP contribution in [0.1, 0.15) is 18.3 Å². The Morgan fingerprint density at radius 2 is 2.03 bits per heavy atom. The molecule has 1 saturated heterocycles. The van der Waals surface area contributed by atoms with Crippen LogP contribution in [-0.4, -0.2) is 54.5 Å². The first-order chi connectivity index (χ1) is 14.2. The fraction of sp³-hybridized carbons (Fsp3) is 0.333. The third-order valence-electron chi connectivity index (χ3n) is 4.02. The third kappa shape index (κ3) is 5.70. The van der Waals surface area contributed by atoms with Gasteiger partial charge in [-0.2, -0.15) is 0 Å². The molecule has 10 nitrogen and oxygen atoms in total. The molecule has 1 aliphatic heterocycles. The fourth-order valence-electron chi connectivity index (χ4n) is 2.54. The third-order valence-corrected chi connectivity index (χ3v) is 5.42. The van der Waals surface area contributed by atoms with Gasteiger partial charge in [0, 0.05) is 30.6 Å². The number of aromatic nitrogens is 2. The molecular formula is C18H20FN5O5S. The maximum absolute atomic E-state index is 12.9. The summed E-state index contributed by atoms with van der Waals surface area (Å²) in [6, 6.07) is 5.25. The number of hydrogen-bond acceptors (Lipinski definition) is 7. The molecule has 1 fully saturated rings. The normalized spacial score (nSPS) is 15.2. The van der Waals surface area contributed by atoms with Crippen molar-refractivity contribution in [3.05, 3.63) is 48.0 Å². The standard InChI is InChI=1S/C18H20FN5O5S/c1-12(19)11-29-14-3-2-4-15(5-14)30(27,28)22-8-13-6-20-16(21-7-13)9-24-10-17(25)23-18(24)26/h2-7,12,22H,8-11H2,1H3,(H,23,25,26). The van der Waals surface area contributed by atoms with Crippen LogP contribution in [0.4, 0.5) is 9.18 Å². The summed E-state index contributed by atoms with van der Waals surface area (Å²) in [6.07, 6.45) is 1.69. The fourth-order valence-corrected chi connectivity index (χ4v) is 3.59. The van der Waals surface area contributed by atoms with E-state index in [4.69, 9.17) is 4.74 Å². The van der Waals surface area contributed by atoms with E-state index in [-0.39, 0.29) is 42.8 Å². The van der Waals surface area contributed by atoms with Crippen LogP contribution in [0.3, 0.4) is 0 Å². The van der Waals surface area contributed by atoms with Crippen LogP contribution in [0.2, 0.25) is 0 Å². The van der Waals surface area contributed by atoms with Crippen LogP contribution in [0.25, 0.3) is 0 Å². The van der Waals surface area contributed by atoms with E-state index in [9.17, 15) is 22.4 Å². The van der Waals surface area contributed by atoms with Gasteiger partial charge in [0.25, 0.3) is 0 Å². The summed E-state index contributed by atoms with van der Waals surface area (Å²) in [6.45, 7) is 1.12. The van der Waals surface area contributed by atoms with Gasteiger partial charge < -0.3 is 9.64 Å². The lowest BCUT2D eigenvalue weighted by atomic mass is 10.3. The number of amides is 3. The number of imide groups is 1. The molecule has 1 aliphatic rings. The summed E-state index contributed by atoms with van der Waals surface area (Å²) in [7, 11) is -3.84. The molecular weight excluding hydrogens is 417 g/mol. The highest BCUT2D eigenvalue weighted by atomic mass is 32.2. The second-order valence-corrected chi connectivity index (χ2v) is 8.38. The van der Waals surface area contributed by atoms with E-state index >= 15 is 0 Å². The molecule has 1 aromatic heterocycles. The highest BCUT2D eigenvalue weighted by Crippen LogP contribution is 2.18. The molecule has 2 N–H and O–H groups in total. The highest BCUT2D eigenvalue weighted by molar-refractivity contribution is 7.89. The van der Waals surface area contributed by atoms with Gasteiger partial charge in [0.15, 0.2) is 0 Å². The van der Waals surface area contributed by atoms with Gasteiger partial charge in [-0.05, 0) is 19.1 Å². The van der Waals surface area contributed by atoms with Crippen LogP contribution in [0.5, 0.6) is 5.75 Å². The zero-order chi connectivity index (χ0) is 21.7. The molecule has 0 bridgehead atoms. The maximum Gasteiger partial charge on any atom is 0.324 e. The first-order valence-electron chi connectivity index (χ1n) is 8.98. The molecule has 0 aliphatic carbocycles. The molecule has 12 heteroatoms. The average Bonchev–Trinajstić information content (AvgIpc) is 3.03. The van der Waals surface area contributed by atoms with Gasteiger partial charge in [-0.15, -0.1) is 0 Å². The lowest BCUT2D eigenvalue weighted by Crippen LogP contribution is -2.28. The van der Waals surface area contributed by atoms with Gasteiger partial charge in [0.05, 0.1) is 11.4 Å². The smallest absolute Gasteiger partial charge is 0.324 e. The number of urea groups is 1. The Hall–Kier alpha value is -3.12. The van der Waals surface area contributed by atoms with Crippen LogP contribution < -0.4 is 14.8 Å². The summed E-state index contributed by atoms with van der Waals surface area (Å²) in [5, 5.41) is 2.16. The maximum atomic E-state index is 12.9. The van der Waals surface area contributed by atoms with Crippen molar-refractivity contribution in [1.82, 2.24) is 24.9 Å². The van der Waals surface area contributed by atoms with Crippen LogP contribution in [0, 0.1) is 0 Å². The van der Waals surface area contributed by atoms with E-state index < -0.39 is 22.2 Å². The predicted molar refractivity (Wildman–Crippen MR) is 103 cm³/mol. The van der Waals surface area contributed by atoms with Gasteiger partial charge in [-0.3, -0.25) is 10.1 Å². The second kappa shape index (κ2) is 9.13. The molecule has 0 spiro atoms. The summed E-state index contributed by atoms with van der Waals surface area (Å²) in [5.74, 6) is 0.178. The second-order valence-electron chi connectivity index (χ2n) is 6.61. The summed E-state index contributed by atoms with van der Waals surface area (Å²) >= 11 is 0. The lowest BCUT2D eigenvalue weighted by Gasteiger charge is -2.12. The van der Waals surface area contributed by atoms with Crippen molar-refractivity contribution in [3.63, 3.8) is 0 Å². The van der Waals surface area contributed by atoms with Crippen molar-refractivity contribution in [3.8, 4) is 5.75 Å². The average molecular weight is 437 g/mol. The van der Waals surface area contributed by atoms with Crippen LogP contribution >= 0.6 is 0 Å². The van der Waals surface area contributed by atoms with Crippen LogP contribution in [0.15, 0.2) is 41.6 Å². The first-order valence-corrected chi connectivity index (χ1v) is 10.5. The molecule has 2 heterocycles. The van der Waals surface area contributed by atoms with E-state index in [2.05, 4.69) is 20.0 Å². The quantitative estimate of drug-likeness (QED) is 0.554. The van der Waals surface area contributed by atoms with Gasteiger partial charge in [0.1, 0.15) is 30.9 Å². The Morgan fingerprint density at radius 3 is 2.67 bits per heavy atom. The number of carbonyl (C=O) groups is 2. The van der Waals surface area contributed by atoms with E-state index in [1.807, 2.05) is 0 Å². The van der Waals surface area contributed by atoms with Gasteiger partial charge >= 0.3 is 6.03 Å². The van der Waals surface area contributed by atoms with Crippen molar-refractivity contribution >= 4 is 22.0 Å². The summed E-state index contributed by atoms with van der Waals surface area (Å²) in [5.41, 5.74) is 0.503. The highest BCUT2D eigenvalue weighted by Gasteiger charge is 2.27.